The van der Waals surface area contributed by atoms with E-state index in [1.165, 1.54) is 12.1 Å². The SMILES string of the molecule is N#Cc1cc(I)c(Oc2nc(N)cc(Br)n2)c([N+](=O)[O-])c1. The number of halogens is 2. The van der Waals surface area contributed by atoms with Gasteiger partial charge in [0.15, 0.2) is 0 Å². The van der Waals surface area contributed by atoms with E-state index < -0.39 is 4.92 Å². The van der Waals surface area contributed by atoms with Gasteiger partial charge in [0.2, 0.25) is 5.75 Å². The van der Waals surface area contributed by atoms with Gasteiger partial charge in [-0.15, -0.1) is 0 Å². The van der Waals surface area contributed by atoms with E-state index in [-0.39, 0.29) is 28.8 Å². The molecule has 0 saturated heterocycles. The number of nitrogens with two attached hydrogens (primary N) is 1. The van der Waals surface area contributed by atoms with Gasteiger partial charge in [0.1, 0.15) is 10.4 Å². The predicted molar refractivity (Wildman–Crippen MR) is 84.7 cm³/mol. The predicted octanol–water partition coefficient (Wildman–Crippen LogP) is 3.00. The first-order chi connectivity index (χ1) is 9.90. The second kappa shape index (κ2) is 6.19. The average molecular weight is 462 g/mol. The molecule has 0 aliphatic carbocycles. The van der Waals surface area contributed by atoms with Crippen molar-refractivity contribution in [3.8, 4) is 17.8 Å². The zero-order valence-electron chi connectivity index (χ0n) is 10.1. The summed E-state index contributed by atoms with van der Waals surface area (Å²) in [6.45, 7) is 0. The first-order valence-corrected chi connectivity index (χ1v) is 7.14. The Balaban J connectivity index is 2.53. The number of anilines is 1. The van der Waals surface area contributed by atoms with Crippen molar-refractivity contribution in [2.75, 3.05) is 5.73 Å². The summed E-state index contributed by atoms with van der Waals surface area (Å²) in [5.41, 5.74) is 5.37. The minimum Gasteiger partial charge on any atom is -0.416 e. The molecule has 106 valence electrons. The first kappa shape index (κ1) is 15.4. The van der Waals surface area contributed by atoms with Crippen LogP contribution in [0.15, 0.2) is 22.8 Å². The fourth-order valence-electron chi connectivity index (χ4n) is 1.43. The average Bonchev–Trinajstić information content (AvgIpc) is 2.39. The molecule has 0 bridgehead atoms. The molecule has 0 aliphatic rings. The Morgan fingerprint density at radius 3 is 2.71 bits per heavy atom. The van der Waals surface area contributed by atoms with E-state index >= 15 is 0 Å². The second-order valence-corrected chi connectivity index (χ2v) is 5.65. The summed E-state index contributed by atoms with van der Waals surface area (Å²) in [6, 6.07) is 5.77. The monoisotopic (exact) mass is 461 g/mol. The van der Waals surface area contributed by atoms with Crippen molar-refractivity contribution >= 4 is 50.0 Å². The van der Waals surface area contributed by atoms with Gasteiger partial charge in [0.25, 0.3) is 0 Å². The lowest BCUT2D eigenvalue weighted by Crippen LogP contribution is -2.01. The fraction of sp³-hybridized carbons (Fsp3) is 0. The van der Waals surface area contributed by atoms with Gasteiger partial charge in [-0.1, -0.05) is 0 Å². The van der Waals surface area contributed by atoms with Crippen LogP contribution < -0.4 is 10.5 Å². The molecule has 0 unspecified atom stereocenters. The van der Waals surface area contributed by atoms with Gasteiger partial charge in [0.05, 0.1) is 20.1 Å². The Morgan fingerprint density at radius 1 is 1.43 bits per heavy atom. The Bertz CT molecular complexity index is 757. The Kier molecular flexibility index (Phi) is 4.53. The van der Waals surface area contributed by atoms with E-state index in [4.69, 9.17) is 15.7 Å². The molecule has 2 rings (SSSR count). The molecule has 2 aromatic rings. The highest BCUT2D eigenvalue weighted by atomic mass is 127. The van der Waals surface area contributed by atoms with Crippen molar-refractivity contribution in [3.63, 3.8) is 0 Å². The van der Waals surface area contributed by atoms with Crippen molar-refractivity contribution in [3.05, 3.63) is 42.1 Å². The maximum absolute atomic E-state index is 11.1. The molecular formula is C11H5BrIN5O3. The molecule has 1 aromatic heterocycles. The molecule has 1 aromatic carbocycles. The number of hydrogen-bond acceptors (Lipinski definition) is 7. The summed E-state index contributed by atoms with van der Waals surface area (Å²) in [5.74, 6) is 0.107. The van der Waals surface area contributed by atoms with Gasteiger partial charge in [-0.25, -0.2) is 0 Å². The third-order valence-corrected chi connectivity index (χ3v) is 3.44. The lowest BCUT2D eigenvalue weighted by atomic mass is 10.2. The van der Waals surface area contributed by atoms with Gasteiger partial charge in [0, 0.05) is 12.1 Å². The zero-order valence-corrected chi connectivity index (χ0v) is 13.8. The Labute approximate surface area is 140 Å². The summed E-state index contributed by atoms with van der Waals surface area (Å²) in [7, 11) is 0. The largest absolute Gasteiger partial charge is 0.416 e. The second-order valence-electron chi connectivity index (χ2n) is 3.68. The number of nitrogen functional groups attached to an aromatic ring is 1. The van der Waals surface area contributed by atoms with Crippen LogP contribution in [0.4, 0.5) is 11.5 Å². The van der Waals surface area contributed by atoms with Crippen LogP contribution in [0.25, 0.3) is 0 Å². The molecular weight excluding hydrogens is 457 g/mol. The molecule has 0 amide bonds. The quantitative estimate of drug-likeness (QED) is 0.322. The van der Waals surface area contributed by atoms with Crippen molar-refractivity contribution in [1.29, 1.82) is 5.26 Å². The lowest BCUT2D eigenvalue weighted by molar-refractivity contribution is -0.385. The van der Waals surface area contributed by atoms with Crippen LogP contribution in [0.3, 0.4) is 0 Å². The van der Waals surface area contributed by atoms with E-state index in [9.17, 15) is 10.1 Å². The third-order valence-electron chi connectivity index (χ3n) is 2.24. The highest BCUT2D eigenvalue weighted by Gasteiger charge is 2.22. The molecule has 8 nitrogen and oxygen atoms in total. The third kappa shape index (κ3) is 3.56. The number of aromatic nitrogens is 2. The summed E-state index contributed by atoms with van der Waals surface area (Å²) in [6.07, 6.45) is 0. The molecule has 10 heteroatoms. The van der Waals surface area contributed by atoms with Crippen LogP contribution in [-0.4, -0.2) is 14.9 Å². The standard InChI is InChI=1S/C11H5BrIN5O3/c12-8-3-9(15)17-11(16-8)21-10-6(13)1-5(4-14)2-7(10)18(19)20/h1-3H,(H2,15,16,17). The molecule has 1 heterocycles. The van der Waals surface area contributed by atoms with Crippen LogP contribution in [-0.2, 0) is 0 Å². The maximum Gasteiger partial charge on any atom is 0.325 e. The van der Waals surface area contributed by atoms with Gasteiger partial charge in [-0.05, 0) is 44.6 Å². The molecule has 0 spiro atoms. The number of nitro groups is 1. The first-order valence-electron chi connectivity index (χ1n) is 5.26. The molecule has 0 saturated carbocycles. The summed E-state index contributed by atoms with van der Waals surface area (Å²) in [4.78, 5) is 18.2. The highest BCUT2D eigenvalue weighted by Crippen LogP contribution is 2.36. The van der Waals surface area contributed by atoms with Crippen LogP contribution >= 0.6 is 38.5 Å². The number of benzene rings is 1. The molecule has 0 radical (unpaired) electrons. The molecule has 0 aliphatic heterocycles. The smallest absolute Gasteiger partial charge is 0.325 e. The van der Waals surface area contributed by atoms with Crippen molar-refractivity contribution in [2.24, 2.45) is 0 Å². The number of nitriles is 1. The summed E-state index contributed by atoms with van der Waals surface area (Å²) >= 11 is 4.96. The minimum absolute atomic E-state index is 0.0444. The lowest BCUT2D eigenvalue weighted by Gasteiger charge is -2.08. The zero-order chi connectivity index (χ0) is 15.6. The van der Waals surface area contributed by atoms with Crippen LogP contribution in [0.1, 0.15) is 5.56 Å². The van der Waals surface area contributed by atoms with Crippen molar-refractivity contribution < 1.29 is 9.66 Å². The van der Waals surface area contributed by atoms with Gasteiger partial charge >= 0.3 is 11.7 Å². The van der Waals surface area contributed by atoms with Crippen molar-refractivity contribution in [2.45, 2.75) is 0 Å². The number of ether oxygens (including phenoxy) is 1. The molecule has 0 fully saturated rings. The van der Waals surface area contributed by atoms with Gasteiger partial charge in [-0.2, -0.15) is 15.2 Å². The molecule has 21 heavy (non-hydrogen) atoms. The summed E-state index contributed by atoms with van der Waals surface area (Å²) in [5, 5.41) is 20.0. The normalized spacial score (nSPS) is 9.95. The van der Waals surface area contributed by atoms with Crippen LogP contribution in [0.5, 0.6) is 11.8 Å². The van der Waals surface area contributed by atoms with Gasteiger partial charge in [-0.3, -0.25) is 10.1 Å². The fourth-order valence-corrected chi connectivity index (χ4v) is 2.54. The topological polar surface area (TPSA) is 128 Å². The van der Waals surface area contributed by atoms with Crippen molar-refractivity contribution in [1.82, 2.24) is 9.97 Å². The number of rotatable bonds is 3. The molecule has 0 atom stereocenters. The van der Waals surface area contributed by atoms with E-state index in [0.717, 1.165) is 6.07 Å². The van der Waals surface area contributed by atoms with E-state index in [1.54, 1.807) is 0 Å². The Hall–Kier alpha value is -2.00. The van der Waals surface area contributed by atoms with E-state index in [2.05, 4.69) is 25.9 Å². The molecule has 2 N–H and O–H groups in total. The number of nitrogens with zero attached hydrogens (tertiary/aromatic N) is 4. The Morgan fingerprint density at radius 2 is 2.14 bits per heavy atom. The van der Waals surface area contributed by atoms with Gasteiger partial charge < -0.3 is 10.5 Å². The minimum atomic E-state index is -0.639. The van der Waals surface area contributed by atoms with E-state index in [0.29, 0.717) is 8.17 Å². The maximum atomic E-state index is 11.1. The number of nitro benzene ring substituents is 1. The van der Waals surface area contributed by atoms with Crippen LogP contribution in [0.2, 0.25) is 0 Å². The highest BCUT2D eigenvalue weighted by molar-refractivity contribution is 14.1. The van der Waals surface area contributed by atoms with Crippen LogP contribution in [0, 0.1) is 25.0 Å². The number of hydrogen-bond donors (Lipinski definition) is 1. The summed E-state index contributed by atoms with van der Waals surface area (Å²) < 4.78 is 6.15. The van der Waals surface area contributed by atoms with E-state index in [1.807, 2.05) is 28.7 Å².